The number of H-pyrrole nitrogens is 1. The molecule has 2 aromatic rings. The number of nitrogens with zero attached hydrogens (tertiary/aromatic N) is 1. The average molecular weight is 375 g/mol. The summed E-state index contributed by atoms with van der Waals surface area (Å²) in [5.41, 5.74) is 0.652. The van der Waals surface area contributed by atoms with Crippen LogP contribution in [0.1, 0.15) is 18.2 Å². The highest BCUT2D eigenvalue weighted by atomic mass is 32.3. The number of hydrogen-bond acceptors (Lipinski definition) is 6. The molecule has 0 saturated carbocycles. The van der Waals surface area contributed by atoms with Gasteiger partial charge in [0.05, 0.1) is 21.5 Å². The number of hydrogen-bond donors (Lipinski definition) is 2. The second-order valence-corrected chi connectivity index (χ2v) is 8.29. The molecule has 0 amide bonds. The first-order valence-electron chi connectivity index (χ1n) is 6.95. The van der Waals surface area contributed by atoms with Crippen LogP contribution in [-0.2, 0) is 25.0 Å². The summed E-state index contributed by atoms with van der Waals surface area (Å²) in [6.45, 7) is 0.385. The molecular formula is C13H14FN3O5S2. The van der Waals surface area contributed by atoms with E-state index in [0.29, 0.717) is 18.7 Å². The topological polar surface area (TPSA) is 118 Å². The van der Waals surface area contributed by atoms with Gasteiger partial charge in [-0.3, -0.25) is 5.10 Å². The van der Waals surface area contributed by atoms with Gasteiger partial charge < -0.3 is 4.74 Å². The second-order valence-electron chi connectivity index (χ2n) is 5.23. The van der Waals surface area contributed by atoms with Crippen molar-refractivity contribution in [3.05, 3.63) is 42.2 Å². The Bertz CT molecular complexity index is 911. The van der Waals surface area contributed by atoms with Crippen molar-refractivity contribution in [2.75, 3.05) is 6.61 Å². The van der Waals surface area contributed by atoms with E-state index in [1.54, 1.807) is 12.3 Å². The summed E-state index contributed by atoms with van der Waals surface area (Å²) in [6.07, 6.45) is 1.52. The van der Waals surface area contributed by atoms with Gasteiger partial charge in [0, 0.05) is 12.8 Å². The fourth-order valence-corrected chi connectivity index (χ4v) is 4.22. The fourth-order valence-electron chi connectivity index (χ4n) is 2.49. The highest BCUT2D eigenvalue weighted by Crippen LogP contribution is 2.29. The number of sulfonamides is 1. The molecule has 1 saturated heterocycles. The van der Waals surface area contributed by atoms with Gasteiger partial charge in [0.2, 0.25) is 10.0 Å². The summed E-state index contributed by atoms with van der Waals surface area (Å²) in [4.78, 5) is -0.758. The molecule has 0 unspecified atom stereocenters. The fraction of sp³-hybridized carbons (Fsp3) is 0.308. The number of aromatic amines is 1. The monoisotopic (exact) mass is 375 g/mol. The van der Waals surface area contributed by atoms with Crippen LogP contribution in [0.2, 0.25) is 0 Å². The zero-order valence-electron chi connectivity index (χ0n) is 12.2. The van der Waals surface area contributed by atoms with Gasteiger partial charge in [-0.15, -0.1) is 3.89 Å². The van der Waals surface area contributed by atoms with E-state index in [9.17, 15) is 20.7 Å². The van der Waals surface area contributed by atoms with Crippen molar-refractivity contribution in [1.82, 2.24) is 14.9 Å². The third kappa shape index (κ3) is 3.48. The van der Waals surface area contributed by atoms with Crippen molar-refractivity contribution < 1.29 is 25.5 Å². The summed E-state index contributed by atoms with van der Waals surface area (Å²) in [5, 5.41) is 6.55. The molecule has 3 rings (SSSR count). The molecule has 1 aliphatic rings. The van der Waals surface area contributed by atoms with E-state index in [4.69, 9.17) is 4.74 Å². The van der Waals surface area contributed by atoms with Crippen LogP contribution in [0, 0.1) is 0 Å². The van der Waals surface area contributed by atoms with Crippen LogP contribution >= 0.6 is 0 Å². The first-order chi connectivity index (χ1) is 11.3. The van der Waals surface area contributed by atoms with Crippen molar-refractivity contribution in [2.45, 2.75) is 28.4 Å². The maximum atomic E-state index is 12.9. The highest BCUT2D eigenvalue weighted by Gasteiger charge is 2.34. The third-order valence-electron chi connectivity index (χ3n) is 3.64. The number of rotatable bonds is 5. The molecule has 130 valence electrons. The largest absolute Gasteiger partial charge is 0.370 e. The van der Waals surface area contributed by atoms with Gasteiger partial charge in [0.15, 0.2) is 0 Å². The molecule has 1 aromatic carbocycles. The second kappa shape index (κ2) is 6.24. The average Bonchev–Trinajstić information content (AvgIpc) is 3.17. The van der Waals surface area contributed by atoms with Gasteiger partial charge in [-0.1, -0.05) is 0 Å². The molecule has 0 bridgehead atoms. The van der Waals surface area contributed by atoms with E-state index >= 15 is 0 Å². The first kappa shape index (κ1) is 17.0. The number of benzene rings is 1. The molecule has 2 heterocycles. The van der Waals surface area contributed by atoms with Crippen LogP contribution in [-0.4, -0.2) is 39.7 Å². The number of aromatic nitrogens is 2. The van der Waals surface area contributed by atoms with Crippen LogP contribution in [0.25, 0.3) is 0 Å². The lowest BCUT2D eigenvalue weighted by atomic mass is 10.1. The lowest BCUT2D eigenvalue weighted by molar-refractivity contribution is 0.0990. The van der Waals surface area contributed by atoms with Crippen molar-refractivity contribution in [1.29, 1.82) is 0 Å². The minimum atomic E-state index is -4.87. The van der Waals surface area contributed by atoms with Crippen LogP contribution in [0.5, 0.6) is 0 Å². The number of nitrogens with one attached hydrogen (secondary N) is 2. The maximum absolute atomic E-state index is 12.9. The Morgan fingerprint density at radius 3 is 2.38 bits per heavy atom. The quantitative estimate of drug-likeness (QED) is 0.749. The van der Waals surface area contributed by atoms with E-state index < -0.39 is 37.3 Å². The zero-order chi connectivity index (χ0) is 17.4. The van der Waals surface area contributed by atoms with E-state index in [-0.39, 0.29) is 4.90 Å². The summed E-state index contributed by atoms with van der Waals surface area (Å²) >= 11 is 0. The van der Waals surface area contributed by atoms with Crippen molar-refractivity contribution in [2.24, 2.45) is 0 Å². The Hall–Kier alpha value is -1.82. The summed E-state index contributed by atoms with van der Waals surface area (Å²) in [7, 11) is -8.78. The van der Waals surface area contributed by atoms with Crippen LogP contribution < -0.4 is 4.72 Å². The van der Waals surface area contributed by atoms with Crippen molar-refractivity contribution >= 4 is 20.2 Å². The lowest BCUT2D eigenvalue weighted by Crippen LogP contribution is -2.36. The third-order valence-corrected chi connectivity index (χ3v) is 5.98. The minimum absolute atomic E-state index is 0.162. The molecule has 8 nitrogen and oxygen atoms in total. The van der Waals surface area contributed by atoms with Gasteiger partial charge >= 0.3 is 10.2 Å². The first-order valence-corrected chi connectivity index (χ1v) is 9.82. The molecular weight excluding hydrogens is 361 g/mol. The van der Waals surface area contributed by atoms with Gasteiger partial charge in [0.1, 0.15) is 6.10 Å². The maximum Gasteiger partial charge on any atom is 0.332 e. The molecule has 1 aliphatic heterocycles. The Labute approximate surface area is 138 Å². The molecule has 1 fully saturated rings. The SMILES string of the molecule is O=S(=O)(F)c1ccc(S(=O)(=O)N[C@@H]2CCO[C@H]2c2ccn[nH]2)cc1. The van der Waals surface area contributed by atoms with E-state index in [1.807, 2.05) is 0 Å². The summed E-state index contributed by atoms with van der Waals surface area (Å²) in [5.74, 6) is 0. The molecule has 2 N–H and O–H groups in total. The van der Waals surface area contributed by atoms with Gasteiger partial charge in [-0.05, 0) is 36.8 Å². The van der Waals surface area contributed by atoms with E-state index in [2.05, 4.69) is 14.9 Å². The van der Waals surface area contributed by atoms with Gasteiger partial charge in [-0.2, -0.15) is 13.5 Å². The Morgan fingerprint density at radius 2 is 1.79 bits per heavy atom. The van der Waals surface area contributed by atoms with Gasteiger partial charge in [0.25, 0.3) is 0 Å². The molecule has 0 spiro atoms. The Balaban J connectivity index is 1.81. The molecule has 0 aliphatic carbocycles. The normalized spacial score (nSPS) is 21.9. The predicted molar refractivity (Wildman–Crippen MR) is 80.7 cm³/mol. The van der Waals surface area contributed by atoms with Crippen LogP contribution in [0.15, 0.2) is 46.3 Å². The molecule has 11 heteroatoms. The number of halogens is 1. The van der Waals surface area contributed by atoms with Gasteiger partial charge in [-0.25, -0.2) is 13.1 Å². The van der Waals surface area contributed by atoms with E-state index in [1.165, 1.54) is 0 Å². The Kier molecular flexibility index (Phi) is 4.42. The molecule has 1 aromatic heterocycles. The van der Waals surface area contributed by atoms with Crippen LogP contribution in [0.3, 0.4) is 0 Å². The standard InChI is InChI=1S/C13H14FN3O5S2/c14-23(18,19)9-1-3-10(4-2-9)24(20,21)17-12-6-8-22-13(12)11-5-7-15-16-11/h1-5,7,12-13,17H,6,8H2,(H,15,16)/t12-,13+/m1/s1. The molecule has 0 radical (unpaired) electrons. The zero-order valence-corrected chi connectivity index (χ0v) is 13.8. The van der Waals surface area contributed by atoms with E-state index in [0.717, 1.165) is 24.3 Å². The lowest BCUT2D eigenvalue weighted by Gasteiger charge is -2.18. The highest BCUT2D eigenvalue weighted by molar-refractivity contribution is 7.89. The van der Waals surface area contributed by atoms with Crippen molar-refractivity contribution in [3.8, 4) is 0 Å². The van der Waals surface area contributed by atoms with Crippen LogP contribution in [0.4, 0.5) is 3.89 Å². The number of ether oxygens (including phenoxy) is 1. The summed E-state index contributed by atoms with van der Waals surface area (Å²) < 4.78 is 67.4. The Morgan fingerprint density at radius 1 is 1.12 bits per heavy atom. The van der Waals surface area contributed by atoms with Crippen molar-refractivity contribution in [3.63, 3.8) is 0 Å². The molecule has 2 atom stereocenters. The smallest absolute Gasteiger partial charge is 0.332 e. The predicted octanol–water partition coefficient (Wildman–Crippen LogP) is 0.876. The summed E-state index contributed by atoms with van der Waals surface area (Å²) in [6, 6.07) is 5.08. The minimum Gasteiger partial charge on any atom is -0.370 e. The molecule has 24 heavy (non-hydrogen) atoms.